The molecule has 0 bridgehead atoms. The van der Waals surface area contributed by atoms with E-state index in [-0.39, 0.29) is 17.7 Å². The van der Waals surface area contributed by atoms with Gasteiger partial charge in [0.15, 0.2) is 5.65 Å². The van der Waals surface area contributed by atoms with Gasteiger partial charge in [0.05, 0.1) is 19.3 Å². The molecule has 0 aliphatic carbocycles. The number of nitrogens with one attached hydrogen (secondary N) is 1. The summed E-state index contributed by atoms with van der Waals surface area (Å²) in [7, 11) is 1.61. The monoisotopic (exact) mass is 425 g/mol. The number of aromatic nitrogens is 4. The van der Waals surface area contributed by atoms with Gasteiger partial charge in [0.2, 0.25) is 0 Å². The standard InChI is InChI=1S/C22H27N5O4/c1-22(2,3)31-21(29)26-10-9-15(13-26)27-19-16(12-23-27)20(28)25-18(24-19)11-14-7-5-6-8-17(14)30-4/h5-8,12,15H,9-11,13H2,1-4H3,(H,24,25,28). The number of H-pyrrole nitrogens is 1. The Hall–Kier alpha value is -3.36. The zero-order valence-electron chi connectivity index (χ0n) is 18.2. The van der Waals surface area contributed by atoms with Gasteiger partial charge in [-0.15, -0.1) is 0 Å². The maximum atomic E-state index is 12.6. The molecule has 1 fully saturated rings. The van der Waals surface area contributed by atoms with E-state index in [1.807, 2.05) is 45.0 Å². The van der Waals surface area contributed by atoms with E-state index >= 15 is 0 Å². The summed E-state index contributed by atoms with van der Waals surface area (Å²) in [5, 5.41) is 4.85. The number of carbonyl (C=O) groups excluding carboxylic acids is 1. The van der Waals surface area contributed by atoms with Crippen LogP contribution in [-0.4, -0.2) is 56.5 Å². The SMILES string of the molecule is COc1ccccc1Cc1nc2c(cnn2C2CCN(C(=O)OC(C)(C)C)C2)c(=O)[nH]1. The Kier molecular flexibility index (Phi) is 5.43. The molecule has 1 N–H and O–H groups in total. The second-order valence-electron chi connectivity index (χ2n) is 8.70. The van der Waals surface area contributed by atoms with E-state index in [1.54, 1.807) is 16.7 Å². The number of ether oxygens (including phenoxy) is 2. The van der Waals surface area contributed by atoms with Crippen LogP contribution in [0.2, 0.25) is 0 Å². The van der Waals surface area contributed by atoms with Gasteiger partial charge in [-0.2, -0.15) is 5.10 Å². The van der Waals surface area contributed by atoms with Crippen molar-refractivity contribution in [1.29, 1.82) is 0 Å². The average molecular weight is 425 g/mol. The van der Waals surface area contributed by atoms with Crippen LogP contribution in [0.25, 0.3) is 11.0 Å². The first-order chi connectivity index (χ1) is 14.7. The van der Waals surface area contributed by atoms with E-state index in [0.717, 1.165) is 11.3 Å². The highest BCUT2D eigenvalue weighted by atomic mass is 16.6. The third-order valence-corrected chi connectivity index (χ3v) is 5.22. The average Bonchev–Trinajstić information content (AvgIpc) is 3.34. The van der Waals surface area contributed by atoms with Crippen LogP contribution in [0.4, 0.5) is 4.79 Å². The van der Waals surface area contributed by atoms with Gasteiger partial charge in [-0.1, -0.05) is 18.2 Å². The number of amides is 1. The van der Waals surface area contributed by atoms with Crippen molar-refractivity contribution in [3.63, 3.8) is 0 Å². The number of fused-ring (bicyclic) bond motifs is 1. The molecule has 4 rings (SSSR count). The second kappa shape index (κ2) is 8.05. The molecule has 0 spiro atoms. The lowest BCUT2D eigenvalue weighted by Gasteiger charge is -2.24. The van der Waals surface area contributed by atoms with Crippen LogP contribution in [-0.2, 0) is 11.2 Å². The molecule has 1 saturated heterocycles. The van der Waals surface area contributed by atoms with E-state index < -0.39 is 5.60 Å². The lowest BCUT2D eigenvalue weighted by Crippen LogP contribution is -2.35. The number of carbonyl (C=O) groups is 1. The lowest BCUT2D eigenvalue weighted by molar-refractivity contribution is 0.0288. The summed E-state index contributed by atoms with van der Waals surface area (Å²) in [6, 6.07) is 7.56. The minimum atomic E-state index is -0.546. The van der Waals surface area contributed by atoms with Gasteiger partial charge in [0.25, 0.3) is 5.56 Å². The maximum Gasteiger partial charge on any atom is 0.410 e. The number of rotatable bonds is 4. The molecule has 3 aromatic rings. The molecule has 31 heavy (non-hydrogen) atoms. The second-order valence-corrected chi connectivity index (χ2v) is 8.70. The van der Waals surface area contributed by atoms with Crippen molar-refractivity contribution in [2.75, 3.05) is 20.2 Å². The molecule has 0 radical (unpaired) electrons. The number of nitrogens with zero attached hydrogens (tertiary/aromatic N) is 4. The zero-order valence-corrected chi connectivity index (χ0v) is 18.2. The normalized spacial score (nSPS) is 16.6. The van der Waals surface area contributed by atoms with Gasteiger partial charge in [-0.3, -0.25) is 4.79 Å². The molecular formula is C22H27N5O4. The lowest BCUT2D eigenvalue weighted by atomic mass is 10.1. The van der Waals surface area contributed by atoms with Crippen LogP contribution < -0.4 is 10.3 Å². The van der Waals surface area contributed by atoms with Gasteiger partial charge in [-0.25, -0.2) is 14.5 Å². The van der Waals surface area contributed by atoms with Gasteiger partial charge in [0.1, 0.15) is 22.6 Å². The highest BCUT2D eigenvalue weighted by Crippen LogP contribution is 2.26. The van der Waals surface area contributed by atoms with Crippen molar-refractivity contribution in [2.45, 2.75) is 45.3 Å². The summed E-state index contributed by atoms with van der Waals surface area (Å²) in [6.07, 6.45) is 2.33. The maximum absolute atomic E-state index is 12.6. The molecule has 2 aromatic heterocycles. The van der Waals surface area contributed by atoms with E-state index in [1.165, 1.54) is 6.20 Å². The number of hydrogen-bond donors (Lipinski definition) is 1. The van der Waals surface area contributed by atoms with Crippen LogP contribution >= 0.6 is 0 Å². The molecule has 1 atom stereocenters. The fourth-order valence-corrected chi connectivity index (χ4v) is 3.80. The van der Waals surface area contributed by atoms with E-state index in [9.17, 15) is 9.59 Å². The van der Waals surface area contributed by atoms with Gasteiger partial charge in [0, 0.05) is 25.1 Å². The van der Waals surface area contributed by atoms with Crippen LogP contribution in [0.1, 0.15) is 44.6 Å². The van der Waals surface area contributed by atoms with Gasteiger partial charge < -0.3 is 19.4 Å². The summed E-state index contributed by atoms with van der Waals surface area (Å²) in [5.41, 5.74) is 0.666. The Morgan fingerprint density at radius 2 is 2.06 bits per heavy atom. The largest absolute Gasteiger partial charge is 0.496 e. The van der Waals surface area contributed by atoms with Crippen molar-refractivity contribution in [1.82, 2.24) is 24.6 Å². The van der Waals surface area contributed by atoms with Crippen LogP contribution in [0.5, 0.6) is 5.75 Å². The molecule has 3 heterocycles. The smallest absolute Gasteiger partial charge is 0.410 e. The summed E-state index contributed by atoms with van der Waals surface area (Å²) in [4.78, 5) is 34.3. The van der Waals surface area contributed by atoms with E-state index in [0.29, 0.717) is 42.8 Å². The summed E-state index contributed by atoms with van der Waals surface area (Å²) < 4.78 is 12.6. The van der Waals surface area contributed by atoms with E-state index in [2.05, 4.69) is 10.1 Å². The first kappa shape index (κ1) is 20.9. The molecule has 1 amide bonds. The number of benzene rings is 1. The highest BCUT2D eigenvalue weighted by Gasteiger charge is 2.32. The van der Waals surface area contributed by atoms with Gasteiger partial charge >= 0.3 is 6.09 Å². The molecule has 1 unspecified atom stereocenters. The predicted octanol–water partition coefficient (Wildman–Crippen LogP) is 2.90. The molecule has 164 valence electrons. The molecule has 9 heteroatoms. The minimum absolute atomic E-state index is 0.0709. The molecule has 9 nitrogen and oxygen atoms in total. The number of likely N-dealkylation sites (tertiary alicyclic amines) is 1. The van der Waals surface area contributed by atoms with Crippen molar-refractivity contribution in [3.05, 3.63) is 52.2 Å². The molecule has 1 aliphatic heterocycles. The third kappa shape index (κ3) is 4.40. The Morgan fingerprint density at radius 3 is 2.81 bits per heavy atom. The Balaban J connectivity index is 1.60. The van der Waals surface area contributed by atoms with Crippen molar-refractivity contribution >= 4 is 17.1 Å². The van der Waals surface area contributed by atoms with Crippen molar-refractivity contribution in [2.24, 2.45) is 0 Å². The van der Waals surface area contributed by atoms with Crippen LogP contribution in [0.3, 0.4) is 0 Å². The number of aromatic amines is 1. The molecular weight excluding hydrogens is 398 g/mol. The number of para-hydroxylation sites is 1. The van der Waals surface area contributed by atoms with Crippen molar-refractivity contribution in [3.8, 4) is 5.75 Å². The van der Waals surface area contributed by atoms with Crippen LogP contribution in [0, 0.1) is 0 Å². The Labute approximate surface area is 180 Å². The molecule has 1 aromatic carbocycles. The molecule has 1 aliphatic rings. The quantitative estimate of drug-likeness (QED) is 0.690. The highest BCUT2D eigenvalue weighted by molar-refractivity contribution is 5.73. The fourth-order valence-electron chi connectivity index (χ4n) is 3.80. The number of methoxy groups -OCH3 is 1. The summed E-state index contributed by atoms with van der Waals surface area (Å²) in [5.74, 6) is 1.27. The minimum Gasteiger partial charge on any atom is -0.496 e. The van der Waals surface area contributed by atoms with E-state index in [4.69, 9.17) is 14.5 Å². The third-order valence-electron chi connectivity index (χ3n) is 5.22. The van der Waals surface area contributed by atoms with Crippen molar-refractivity contribution < 1.29 is 14.3 Å². The summed E-state index contributed by atoms with van der Waals surface area (Å²) >= 11 is 0. The fraction of sp³-hybridized carbons (Fsp3) is 0.455. The van der Waals surface area contributed by atoms with Gasteiger partial charge in [-0.05, 0) is 33.3 Å². The Bertz CT molecular complexity index is 1160. The first-order valence-electron chi connectivity index (χ1n) is 10.3. The molecule has 0 saturated carbocycles. The first-order valence-corrected chi connectivity index (χ1v) is 10.3. The zero-order chi connectivity index (χ0) is 22.2. The Morgan fingerprint density at radius 1 is 1.29 bits per heavy atom. The number of hydrogen-bond acceptors (Lipinski definition) is 6. The predicted molar refractivity (Wildman–Crippen MR) is 115 cm³/mol. The topological polar surface area (TPSA) is 102 Å². The van der Waals surface area contributed by atoms with Crippen LogP contribution in [0.15, 0.2) is 35.3 Å². The summed E-state index contributed by atoms with van der Waals surface area (Å²) in [6.45, 7) is 6.57.